The molecule has 2 N–H and O–H groups in total. The van der Waals surface area contributed by atoms with Crippen molar-refractivity contribution in [3.05, 3.63) is 48.0 Å². The van der Waals surface area contributed by atoms with Crippen molar-refractivity contribution in [2.24, 2.45) is 0 Å². The number of benzene rings is 2. The van der Waals surface area contributed by atoms with Crippen molar-refractivity contribution < 1.29 is 9.90 Å². The molecule has 0 bridgehead atoms. The average molecular weight is 257 g/mol. The highest BCUT2D eigenvalue weighted by atomic mass is 16.4. The maximum Gasteiger partial charge on any atom is 0.304 e. The van der Waals surface area contributed by atoms with E-state index >= 15 is 0 Å². The standard InChI is InChI=1S/C16H19NO2/c1-11(10-16(18)19)17-12(2)14-9-5-7-13-6-3-4-8-15(13)14/h3-9,11-12,17H,10H2,1-2H3,(H,18,19)/t11?,12-/m0/s1. The first-order valence-electron chi connectivity index (χ1n) is 6.53. The van der Waals surface area contributed by atoms with E-state index in [1.165, 1.54) is 16.3 Å². The van der Waals surface area contributed by atoms with Gasteiger partial charge in [0.2, 0.25) is 0 Å². The second-order valence-electron chi connectivity index (χ2n) is 4.96. The number of aliphatic carboxylic acids is 1. The van der Waals surface area contributed by atoms with Crippen LogP contribution >= 0.6 is 0 Å². The summed E-state index contributed by atoms with van der Waals surface area (Å²) in [5, 5.41) is 14.6. The zero-order chi connectivity index (χ0) is 13.8. The van der Waals surface area contributed by atoms with Gasteiger partial charge < -0.3 is 10.4 Å². The smallest absolute Gasteiger partial charge is 0.304 e. The molecule has 100 valence electrons. The third kappa shape index (κ3) is 3.32. The normalized spacial score (nSPS) is 14.2. The van der Waals surface area contributed by atoms with Gasteiger partial charge in [0.25, 0.3) is 0 Å². The van der Waals surface area contributed by atoms with Gasteiger partial charge in [0, 0.05) is 12.1 Å². The maximum atomic E-state index is 10.7. The third-order valence-electron chi connectivity index (χ3n) is 3.31. The molecule has 0 saturated carbocycles. The van der Waals surface area contributed by atoms with E-state index in [2.05, 4.69) is 36.5 Å². The minimum absolute atomic E-state index is 0.0496. The molecule has 0 fully saturated rings. The van der Waals surface area contributed by atoms with Gasteiger partial charge in [-0.15, -0.1) is 0 Å². The number of carboxylic acids is 1. The van der Waals surface area contributed by atoms with Crippen molar-refractivity contribution in [2.45, 2.75) is 32.4 Å². The van der Waals surface area contributed by atoms with Gasteiger partial charge in [-0.25, -0.2) is 0 Å². The van der Waals surface area contributed by atoms with E-state index in [0.29, 0.717) is 0 Å². The Bertz CT molecular complexity index is 574. The maximum absolute atomic E-state index is 10.7. The molecule has 0 heterocycles. The summed E-state index contributed by atoms with van der Waals surface area (Å²) in [5.74, 6) is -0.773. The second-order valence-corrected chi connectivity index (χ2v) is 4.96. The lowest BCUT2D eigenvalue weighted by molar-refractivity contribution is -0.137. The molecule has 0 aliphatic heterocycles. The first-order chi connectivity index (χ1) is 9.08. The molecule has 1 unspecified atom stereocenters. The van der Waals surface area contributed by atoms with Gasteiger partial charge in [-0.3, -0.25) is 4.79 Å². The summed E-state index contributed by atoms with van der Waals surface area (Å²) >= 11 is 0. The van der Waals surface area contributed by atoms with E-state index in [1.54, 1.807) is 0 Å². The lowest BCUT2D eigenvalue weighted by atomic mass is 9.99. The van der Waals surface area contributed by atoms with Crippen LogP contribution < -0.4 is 5.32 Å². The number of carbonyl (C=O) groups is 1. The van der Waals surface area contributed by atoms with Crippen molar-refractivity contribution >= 4 is 16.7 Å². The van der Waals surface area contributed by atoms with Crippen LogP contribution in [0.3, 0.4) is 0 Å². The number of hydrogen-bond acceptors (Lipinski definition) is 2. The number of hydrogen-bond donors (Lipinski definition) is 2. The summed E-state index contributed by atoms with van der Waals surface area (Å²) in [5.41, 5.74) is 1.20. The highest BCUT2D eigenvalue weighted by Gasteiger charge is 2.13. The number of fused-ring (bicyclic) bond motifs is 1. The fourth-order valence-corrected chi connectivity index (χ4v) is 2.47. The second kappa shape index (κ2) is 5.85. The molecule has 2 aromatic rings. The Morgan fingerprint density at radius 2 is 1.84 bits per heavy atom. The molecule has 0 saturated heterocycles. The molecule has 0 amide bonds. The van der Waals surface area contributed by atoms with Crippen molar-refractivity contribution in [2.75, 3.05) is 0 Å². The van der Waals surface area contributed by atoms with Crippen LogP contribution in [-0.4, -0.2) is 17.1 Å². The van der Waals surface area contributed by atoms with Crippen LogP contribution in [-0.2, 0) is 4.79 Å². The predicted molar refractivity (Wildman–Crippen MR) is 77.2 cm³/mol. The minimum atomic E-state index is -0.773. The molecular weight excluding hydrogens is 238 g/mol. The summed E-state index contributed by atoms with van der Waals surface area (Å²) in [6, 6.07) is 14.5. The van der Waals surface area contributed by atoms with Crippen molar-refractivity contribution in [3.63, 3.8) is 0 Å². The Hall–Kier alpha value is -1.87. The number of rotatable bonds is 5. The van der Waals surface area contributed by atoms with Crippen LogP contribution in [0.2, 0.25) is 0 Å². The Kier molecular flexibility index (Phi) is 4.17. The fourth-order valence-electron chi connectivity index (χ4n) is 2.47. The lowest BCUT2D eigenvalue weighted by Gasteiger charge is -2.20. The average Bonchev–Trinajstić information content (AvgIpc) is 2.36. The van der Waals surface area contributed by atoms with Gasteiger partial charge in [0.15, 0.2) is 0 Å². The van der Waals surface area contributed by atoms with Crippen LogP contribution in [0.15, 0.2) is 42.5 Å². The minimum Gasteiger partial charge on any atom is -0.481 e. The molecule has 3 nitrogen and oxygen atoms in total. The molecular formula is C16H19NO2. The summed E-state index contributed by atoms with van der Waals surface area (Å²) in [4.78, 5) is 10.7. The van der Waals surface area contributed by atoms with E-state index in [1.807, 2.05) is 25.1 Å². The topological polar surface area (TPSA) is 49.3 Å². The van der Waals surface area contributed by atoms with Crippen LogP contribution in [0.1, 0.15) is 31.9 Å². The number of nitrogens with one attached hydrogen (secondary N) is 1. The summed E-state index contributed by atoms with van der Waals surface area (Å²) in [6.07, 6.45) is 0.134. The molecule has 2 atom stereocenters. The molecule has 0 aliphatic rings. The van der Waals surface area contributed by atoms with E-state index in [9.17, 15) is 4.79 Å². The molecule has 3 heteroatoms. The number of carboxylic acid groups (broad SMARTS) is 1. The molecule has 0 aromatic heterocycles. The van der Waals surface area contributed by atoms with Crippen LogP contribution in [0, 0.1) is 0 Å². The van der Waals surface area contributed by atoms with E-state index in [-0.39, 0.29) is 18.5 Å². The van der Waals surface area contributed by atoms with Crippen molar-refractivity contribution in [3.8, 4) is 0 Å². The van der Waals surface area contributed by atoms with Gasteiger partial charge >= 0.3 is 5.97 Å². The molecule has 0 aliphatic carbocycles. The summed E-state index contributed by atoms with van der Waals surface area (Å²) < 4.78 is 0. The Morgan fingerprint density at radius 1 is 1.16 bits per heavy atom. The van der Waals surface area contributed by atoms with E-state index in [0.717, 1.165) is 0 Å². The highest BCUT2D eigenvalue weighted by Crippen LogP contribution is 2.24. The van der Waals surface area contributed by atoms with Gasteiger partial charge in [-0.2, -0.15) is 0 Å². The molecule has 2 rings (SSSR count). The Balaban J connectivity index is 2.21. The van der Waals surface area contributed by atoms with Gasteiger partial charge in [0.05, 0.1) is 6.42 Å². The van der Waals surface area contributed by atoms with E-state index < -0.39 is 5.97 Å². The SMILES string of the molecule is CC(CC(=O)O)N[C@@H](C)c1cccc2ccccc12. The van der Waals surface area contributed by atoms with Crippen LogP contribution in [0.5, 0.6) is 0 Å². The largest absolute Gasteiger partial charge is 0.481 e. The summed E-state index contributed by atoms with van der Waals surface area (Å²) in [6.45, 7) is 3.97. The van der Waals surface area contributed by atoms with Gasteiger partial charge in [0.1, 0.15) is 0 Å². The van der Waals surface area contributed by atoms with Gasteiger partial charge in [-0.05, 0) is 30.2 Å². The molecule has 19 heavy (non-hydrogen) atoms. The van der Waals surface area contributed by atoms with Crippen molar-refractivity contribution in [1.82, 2.24) is 5.32 Å². The Labute approximate surface area is 113 Å². The fraction of sp³-hybridized carbons (Fsp3) is 0.312. The zero-order valence-corrected chi connectivity index (χ0v) is 11.3. The molecule has 0 spiro atoms. The lowest BCUT2D eigenvalue weighted by Crippen LogP contribution is -2.31. The first-order valence-corrected chi connectivity index (χ1v) is 6.53. The third-order valence-corrected chi connectivity index (χ3v) is 3.31. The Morgan fingerprint density at radius 3 is 2.58 bits per heavy atom. The van der Waals surface area contributed by atoms with E-state index in [4.69, 9.17) is 5.11 Å². The highest BCUT2D eigenvalue weighted by molar-refractivity contribution is 5.86. The molecule has 0 radical (unpaired) electrons. The van der Waals surface area contributed by atoms with Gasteiger partial charge in [-0.1, -0.05) is 42.5 Å². The quantitative estimate of drug-likeness (QED) is 0.863. The monoisotopic (exact) mass is 257 g/mol. The zero-order valence-electron chi connectivity index (χ0n) is 11.3. The summed E-state index contributed by atoms with van der Waals surface area (Å²) in [7, 11) is 0. The molecule has 2 aromatic carbocycles. The van der Waals surface area contributed by atoms with Crippen LogP contribution in [0.4, 0.5) is 0 Å². The first kappa shape index (κ1) is 13.6. The predicted octanol–water partition coefficient (Wildman–Crippen LogP) is 3.35. The van der Waals surface area contributed by atoms with Crippen LogP contribution in [0.25, 0.3) is 10.8 Å². The van der Waals surface area contributed by atoms with Crippen molar-refractivity contribution in [1.29, 1.82) is 0 Å².